The number of carbonyl (C=O) groups is 1. The molecule has 0 fully saturated rings. The summed E-state index contributed by atoms with van der Waals surface area (Å²) in [5.41, 5.74) is 0. The number of ether oxygens (including phenoxy) is 1. The minimum atomic E-state index is -0.550. The second-order valence-electron chi connectivity index (χ2n) is 3.46. The number of esters is 1. The van der Waals surface area contributed by atoms with Crippen LogP contribution < -0.4 is 0 Å². The van der Waals surface area contributed by atoms with Gasteiger partial charge in [-0.3, -0.25) is 0 Å². The van der Waals surface area contributed by atoms with E-state index in [4.69, 9.17) is 0 Å². The molecule has 0 aromatic heterocycles. The lowest BCUT2D eigenvalue weighted by atomic mass is 10.1. The topological polar surface area (TPSA) is 46.5 Å². The second-order valence-corrected chi connectivity index (χ2v) is 3.46. The molecule has 0 aliphatic heterocycles. The Morgan fingerprint density at radius 2 is 2.15 bits per heavy atom. The van der Waals surface area contributed by atoms with Crippen molar-refractivity contribution >= 4 is 5.97 Å². The van der Waals surface area contributed by atoms with Crippen molar-refractivity contribution in [2.45, 2.75) is 32.8 Å². The summed E-state index contributed by atoms with van der Waals surface area (Å²) < 4.78 is 4.68. The van der Waals surface area contributed by atoms with Crippen LogP contribution in [-0.4, -0.2) is 23.8 Å². The fourth-order valence-electron chi connectivity index (χ4n) is 0.846. The van der Waals surface area contributed by atoms with Gasteiger partial charge in [0.1, 0.15) is 6.61 Å². The molecule has 0 aromatic rings. The van der Waals surface area contributed by atoms with Crippen molar-refractivity contribution in [3.8, 4) is 0 Å². The van der Waals surface area contributed by atoms with Crippen LogP contribution in [0.15, 0.2) is 12.7 Å². The van der Waals surface area contributed by atoms with Crippen molar-refractivity contribution in [1.29, 1.82) is 0 Å². The van der Waals surface area contributed by atoms with Crippen molar-refractivity contribution in [1.82, 2.24) is 0 Å². The monoisotopic (exact) mass is 186 g/mol. The molecule has 0 radical (unpaired) electrons. The first-order chi connectivity index (χ1) is 6.06. The zero-order chi connectivity index (χ0) is 10.3. The third-order valence-corrected chi connectivity index (χ3v) is 1.66. The second kappa shape index (κ2) is 6.66. The SMILES string of the molecule is C=CC(=O)OCC(O)CCC(C)C. The predicted molar refractivity (Wildman–Crippen MR) is 51.2 cm³/mol. The fraction of sp³-hybridized carbons (Fsp3) is 0.700. The molecule has 3 heteroatoms. The quantitative estimate of drug-likeness (QED) is 0.505. The largest absolute Gasteiger partial charge is 0.460 e. The molecule has 76 valence electrons. The van der Waals surface area contributed by atoms with Gasteiger partial charge in [-0.05, 0) is 18.8 Å². The van der Waals surface area contributed by atoms with Crippen LogP contribution in [0.3, 0.4) is 0 Å². The van der Waals surface area contributed by atoms with Gasteiger partial charge in [0, 0.05) is 6.08 Å². The summed E-state index contributed by atoms with van der Waals surface area (Å²) in [5, 5.41) is 9.33. The molecule has 0 spiro atoms. The Morgan fingerprint density at radius 1 is 1.54 bits per heavy atom. The summed E-state index contributed by atoms with van der Waals surface area (Å²) in [4.78, 5) is 10.6. The number of aliphatic hydroxyl groups is 1. The highest BCUT2D eigenvalue weighted by molar-refractivity contribution is 5.81. The Balaban J connectivity index is 3.45. The smallest absolute Gasteiger partial charge is 0.330 e. The van der Waals surface area contributed by atoms with E-state index in [0.717, 1.165) is 12.5 Å². The molecule has 0 rings (SSSR count). The average Bonchev–Trinajstić information content (AvgIpc) is 2.10. The lowest BCUT2D eigenvalue weighted by Gasteiger charge is -2.11. The summed E-state index contributed by atoms with van der Waals surface area (Å²) in [6.07, 6.45) is 2.15. The molecule has 0 aliphatic rings. The van der Waals surface area contributed by atoms with Crippen molar-refractivity contribution in [2.75, 3.05) is 6.61 Å². The molecule has 0 saturated heterocycles. The molecule has 1 unspecified atom stereocenters. The van der Waals surface area contributed by atoms with Crippen molar-refractivity contribution in [3.05, 3.63) is 12.7 Å². The van der Waals surface area contributed by atoms with Crippen LogP contribution in [0.5, 0.6) is 0 Å². The predicted octanol–water partition coefficient (Wildman–Crippen LogP) is 1.51. The summed E-state index contributed by atoms with van der Waals surface area (Å²) in [6.45, 7) is 7.50. The van der Waals surface area contributed by atoms with E-state index in [2.05, 4.69) is 25.2 Å². The Bertz CT molecular complexity index is 164. The van der Waals surface area contributed by atoms with Gasteiger partial charge in [-0.15, -0.1) is 0 Å². The normalized spacial score (nSPS) is 12.6. The fourth-order valence-corrected chi connectivity index (χ4v) is 0.846. The standard InChI is InChI=1S/C10H18O3/c1-4-10(12)13-7-9(11)6-5-8(2)3/h4,8-9,11H,1,5-7H2,2-3H3. The van der Waals surface area contributed by atoms with Gasteiger partial charge in [0.05, 0.1) is 6.10 Å². The molecule has 0 amide bonds. The highest BCUT2D eigenvalue weighted by atomic mass is 16.5. The van der Waals surface area contributed by atoms with Gasteiger partial charge < -0.3 is 9.84 Å². The van der Waals surface area contributed by atoms with E-state index < -0.39 is 12.1 Å². The van der Waals surface area contributed by atoms with E-state index >= 15 is 0 Å². The first-order valence-electron chi connectivity index (χ1n) is 4.53. The van der Waals surface area contributed by atoms with Gasteiger partial charge in [0.2, 0.25) is 0 Å². The van der Waals surface area contributed by atoms with Gasteiger partial charge >= 0.3 is 5.97 Å². The molecule has 13 heavy (non-hydrogen) atoms. The summed E-state index contributed by atoms with van der Waals surface area (Å²) in [7, 11) is 0. The number of hydrogen-bond acceptors (Lipinski definition) is 3. The van der Waals surface area contributed by atoms with Gasteiger partial charge in [0.15, 0.2) is 0 Å². The average molecular weight is 186 g/mol. The van der Waals surface area contributed by atoms with Crippen LogP contribution >= 0.6 is 0 Å². The van der Waals surface area contributed by atoms with E-state index in [0.29, 0.717) is 12.3 Å². The van der Waals surface area contributed by atoms with Gasteiger partial charge in [-0.25, -0.2) is 4.79 Å². The number of aliphatic hydroxyl groups excluding tert-OH is 1. The lowest BCUT2D eigenvalue weighted by molar-refractivity contribution is -0.140. The minimum Gasteiger partial charge on any atom is -0.460 e. The molecule has 1 atom stereocenters. The molecule has 1 N–H and O–H groups in total. The van der Waals surface area contributed by atoms with E-state index in [1.165, 1.54) is 0 Å². The zero-order valence-electron chi connectivity index (χ0n) is 8.32. The summed E-state index contributed by atoms with van der Waals surface area (Å²) in [6, 6.07) is 0. The first-order valence-corrected chi connectivity index (χ1v) is 4.53. The Kier molecular flexibility index (Phi) is 6.24. The van der Waals surface area contributed by atoms with E-state index in [1.54, 1.807) is 0 Å². The van der Waals surface area contributed by atoms with Gasteiger partial charge in [-0.1, -0.05) is 20.4 Å². The number of rotatable bonds is 6. The molecular weight excluding hydrogens is 168 g/mol. The molecule has 0 aromatic carbocycles. The van der Waals surface area contributed by atoms with Crippen LogP contribution in [0.4, 0.5) is 0 Å². The van der Waals surface area contributed by atoms with Gasteiger partial charge in [-0.2, -0.15) is 0 Å². The van der Waals surface area contributed by atoms with Crippen LogP contribution in [0.1, 0.15) is 26.7 Å². The van der Waals surface area contributed by atoms with Crippen molar-refractivity contribution in [3.63, 3.8) is 0 Å². The Morgan fingerprint density at radius 3 is 2.62 bits per heavy atom. The third-order valence-electron chi connectivity index (χ3n) is 1.66. The molecular formula is C10H18O3. The van der Waals surface area contributed by atoms with Crippen LogP contribution in [0.25, 0.3) is 0 Å². The van der Waals surface area contributed by atoms with Crippen LogP contribution in [0, 0.1) is 5.92 Å². The first kappa shape index (κ1) is 12.2. The maximum Gasteiger partial charge on any atom is 0.330 e. The third kappa shape index (κ3) is 7.53. The Labute approximate surface area is 79.4 Å². The van der Waals surface area contributed by atoms with Gasteiger partial charge in [0.25, 0.3) is 0 Å². The molecule has 0 saturated carbocycles. The molecule has 3 nitrogen and oxygen atoms in total. The Hall–Kier alpha value is -0.830. The van der Waals surface area contributed by atoms with Crippen molar-refractivity contribution in [2.24, 2.45) is 5.92 Å². The highest BCUT2D eigenvalue weighted by Gasteiger charge is 2.07. The lowest BCUT2D eigenvalue weighted by Crippen LogP contribution is -2.18. The molecule has 0 aliphatic carbocycles. The van der Waals surface area contributed by atoms with Crippen molar-refractivity contribution < 1.29 is 14.6 Å². The van der Waals surface area contributed by atoms with E-state index in [-0.39, 0.29) is 6.61 Å². The molecule has 0 heterocycles. The molecule has 0 bridgehead atoms. The number of carbonyl (C=O) groups excluding carboxylic acids is 1. The summed E-state index contributed by atoms with van der Waals surface area (Å²) in [5.74, 6) is 0.0772. The maximum atomic E-state index is 10.6. The van der Waals surface area contributed by atoms with E-state index in [1.807, 2.05) is 0 Å². The van der Waals surface area contributed by atoms with Crippen LogP contribution in [0.2, 0.25) is 0 Å². The zero-order valence-corrected chi connectivity index (χ0v) is 8.32. The summed E-state index contributed by atoms with van der Waals surface area (Å²) >= 11 is 0. The minimum absolute atomic E-state index is 0.0670. The number of hydrogen-bond donors (Lipinski definition) is 1. The van der Waals surface area contributed by atoms with Crippen LogP contribution in [-0.2, 0) is 9.53 Å². The maximum absolute atomic E-state index is 10.6. The van der Waals surface area contributed by atoms with E-state index in [9.17, 15) is 9.90 Å². The highest BCUT2D eigenvalue weighted by Crippen LogP contribution is 2.06.